The molecule has 4 heterocycles. The van der Waals surface area contributed by atoms with Crippen LogP contribution in [0.5, 0.6) is 11.5 Å². The van der Waals surface area contributed by atoms with Crippen molar-refractivity contribution in [3.05, 3.63) is 70.7 Å². The zero-order valence-electron chi connectivity index (χ0n) is 27.8. The third kappa shape index (κ3) is 6.01. The van der Waals surface area contributed by atoms with E-state index < -0.39 is 0 Å². The number of ether oxygens (including phenoxy) is 2. The van der Waals surface area contributed by atoms with E-state index in [2.05, 4.69) is 10.6 Å². The highest BCUT2D eigenvalue weighted by molar-refractivity contribution is 6.39. The van der Waals surface area contributed by atoms with Gasteiger partial charge in [-0.2, -0.15) is 0 Å². The van der Waals surface area contributed by atoms with Gasteiger partial charge in [-0.3, -0.25) is 19.2 Å². The fraction of sp³-hybridized carbons (Fsp3) is 0.263. The molecule has 266 valence electrons. The highest BCUT2D eigenvalue weighted by Crippen LogP contribution is 2.48. The number of nitrogen functional groups attached to an aromatic ring is 2. The molecule has 4 aromatic carbocycles. The second-order valence-corrected chi connectivity index (χ2v) is 14.1. The molecule has 2 atom stereocenters. The lowest BCUT2D eigenvalue weighted by Gasteiger charge is -2.32. The quantitative estimate of drug-likeness (QED) is 0.188. The Hall–Kier alpha value is -5.46. The molecule has 4 aliphatic rings. The lowest BCUT2D eigenvalue weighted by molar-refractivity contribution is -0.122. The minimum Gasteiger partial charge on any atom is -0.482 e. The lowest BCUT2D eigenvalue weighted by Crippen LogP contribution is -2.46. The molecule has 0 radical (unpaired) electrons. The van der Waals surface area contributed by atoms with E-state index >= 15 is 0 Å². The summed E-state index contributed by atoms with van der Waals surface area (Å²) in [6.45, 7) is 0.360. The van der Waals surface area contributed by atoms with E-state index in [0.29, 0.717) is 116 Å². The highest BCUT2D eigenvalue weighted by Gasteiger charge is 2.33. The summed E-state index contributed by atoms with van der Waals surface area (Å²) < 4.78 is 11.7. The topological polar surface area (TPSA) is 169 Å². The third-order valence-electron chi connectivity index (χ3n) is 9.99. The predicted molar refractivity (Wildman–Crippen MR) is 200 cm³/mol. The Kier molecular flexibility index (Phi) is 8.59. The number of nitrogens with zero attached hydrogens (tertiary/aromatic N) is 2. The predicted octanol–water partition coefficient (Wildman–Crippen LogP) is 5.17. The first-order chi connectivity index (χ1) is 25.0. The molecule has 0 aromatic heterocycles. The second kappa shape index (κ2) is 13.3. The monoisotopic (exact) mass is 740 g/mol. The van der Waals surface area contributed by atoms with Crippen LogP contribution < -0.4 is 41.4 Å². The first-order valence-corrected chi connectivity index (χ1v) is 17.7. The fourth-order valence-electron chi connectivity index (χ4n) is 7.36. The van der Waals surface area contributed by atoms with Crippen molar-refractivity contribution in [1.29, 1.82) is 0 Å². The van der Waals surface area contributed by atoms with Crippen molar-refractivity contribution in [2.45, 2.75) is 37.8 Å². The number of benzene rings is 4. The van der Waals surface area contributed by atoms with Gasteiger partial charge in [-0.25, -0.2) is 0 Å². The lowest BCUT2D eigenvalue weighted by atomic mass is 9.94. The molecule has 0 bridgehead atoms. The molecule has 12 nitrogen and oxygen atoms in total. The number of hydrogen-bond acceptors (Lipinski definition) is 8. The zero-order valence-corrected chi connectivity index (χ0v) is 29.4. The van der Waals surface area contributed by atoms with Crippen molar-refractivity contribution >= 4 is 69.6 Å². The van der Waals surface area contributed by atoms with E-state index in [-0.39, 0.29) is 48.9 Å². The Labute approximate surface area is 308 Å². The van der Waals surface area contributed by atoms with Gasteiger partial charge in [0.05, 0.1) is 21.4 Å². The standard InChI is InChI=1S/C38H34Cl2N6O6/c39-37-21(3-1-5-23(37)25-11-31-29(13-27(25)41)45(35(49)17-51-31)15-19-7-9-33(47)43-19)22-4-2-6-24(38(22)40)26-12-32-30(14-28(26)42)46(36(50)18-52-32)16-20-8-10-34(48)44-20/h1-6,11-14,19-20H,7-10,15-18,41-42H2,(H,43,47)(H,44,48)/t19-,20-/m0/s1. The molecule has 52 heavy (non-hydrogen) atoms. The number of halogens is 2. The molecular weight excluding hydrogens is 707 g/mol. The van der Waals surface area contributed by atoms with Crippen molar-refractivity contribution in [2.24, 2.45) is 0 Å². The van der Waals surface area contributed by atoms with Crippen LogP contribution in [0.1, 0.15) is 25.7 Å². The Balaban J connectivity index is 1.12. The second-order valence-electron chi connectivity index (χ2n) is 13.3. The number of carbonyl (C=O) groups is 4. The van der Waals surface area contributed by atoms with Gasteiger partial charge in [0.25, 0.3) is 11.8 Å². The molecular formula is C38H34Cl2N6O6. The Morgan fingerprint density at radius 2 is 1.00 bits per heavy atom. The van der Waals surface area contributed by atoms with Crippen LogP contribution in [0.2, 0.25) is 10.0 Å². The van der Waals surface area contributed by atoms with Gasteiger partial charge in [-0.05, 0) is 37.1 Å². The molecule has 14 heteroatoms. The maximum atomic E-state index is 12.9. The van der Waals surface area contributed by atoms with Crippen LogP contribution in [-0.2, 0) is 19.2 Å². The van der Waals surface area contributed by atoms with Gasteiger partial charge in [0.15, 0.2) is 13.2 Å². The number of hydrogen-bond donors (Lipinski definition) is 4. The number of nitrogens with two attached hydrogens (primary N) is 2. The van der Waals surface area contributed by atoms with Crippen LogP contribution in [0.3, 0.4) is 0 Å². The fourth-order valence-corrected chi connectivity index (χ4v) is 8.02. The summed E-state index contributed by atoms with van der Waals surface area (Å²) in [6.07, 6.45) is 2.15. The molecule has 0 aliphatic carbocycles. The van der Waals surface area contributed by atoms with Gasteiger partial charge in [-0.1, -0.05) is 59.6 Å². The first kappa shape index (κ1) is 33.7. The smallest absolute Gasteiger partial charge is 0.265 e. The summed E-state index contributed by atoms with van der Waals surface area (Å²) in [5, 5.41) is 6.63. The average Bonchev–Trinajstić information content (AvgIpc) is 3.74. The normalized spacial score (nSPS) is 19.5. The Morgan fingerprint density at radius 3 is 1.37 bits per heavy atom. The highest BCUT2D eigenvalue weighted by atomic mass is 35.5. The van der Waals surface area contributed by atoms with E-state index in [9.17, 15) is 19.2 Å². The Morgan fingerprint density at radius 1 is 0.615 bits per heavy atom. The molecule has 4 aliphatic heterocycles. The number of rotatable bonds is 7. The summed E-state index contributed by atoms with van der Waals surface area (Å²) in [6, 6.07) is 17.8. The van der Waals surface area contributed by atoms with Crippen LogP contribution in [0.4, 0.5) is 22.7 Å². The molecule has 0 saturated carbocycles. The summed E-state index contributed by atoms with van der Waals surface area (Å²) in [4.78, 5) is 52.5. The number of anilines is 4. The van der Waals surface area contributed by atoms with Crippen LogP contribution in [0.15, 0.2) is 60.7 Å². The SMILES string of the molecule is Nc1cc2c(cc1-c1cccc(-c3cccc(-c4cc5c(cc4N)N(C[C@@H]4CCC(=O)N4)C(=O)CO5)c3Cl)c1Cl)OCC(=O)N2C[C@@H]1CCC(=O)N1. The maximum absolute atomic E-state index is 12.9. The number of carbonyl (C=O) groups excluding carboxylic acids is 4. The van der Waals surface area contributed by atoms with Crippen molar-refractivity contribution in [3.8, 4) is 44.9 Å². The van der Waals surface area contributed by atoms with Gasteiger partial charge < -0.3 is 41.4 Å². The van der Waals surface area contributed by atoms with E-state index in [1.54, 1.807) is 34.1 Å². The minimum atomic E-state index is -0.216. The first-order valence-electron chi connectivity index (χ1n) is 17.0. The molecule has 8 rings (SSSR count). The van der Waals surface area contributed by atoms with Crippen molar-refractivity contribution in [2.75, 3.05) is 47.6 Å². The van der Waals surface area contributed by atoms with Crippen LogP contribution in [0.25, 0.3) is 33.4 Å². The number of nitrogens with one attached hydrogen (secondary N) is 2. The van der Waals surface area contributed by atoms with Gasteiger partial charge in [0, 0.05) is 82.8 Å². The number of fused-ring (bicyclic) bond motifs is 2. The molecule has 2 saturated heterocycles. The van der Waals surface area contributed by atoms with Crippen LogP contribution >= 0.6 is 23.2 Å². The number of amides is 4. The molecule has 2 fully saturated rings. The van der Waals surface area contributed by atoms with Gasteiger partial charge in [-0.15, -0.1) is 0 Å². The van der Waals surface area contributed by atoms with E-state index in [0.717, 1.165) is 0 Å². The third-order valence-corrected chi connectivity index (χ3v) is 10.8. The van der Waals surface area contributed by atoms with Crippen molar-refractivity contribution < 1.29 is 28.7 Å². The van der Waals surface area contributed by atoms with E-state index in [1.165, 1.54) is 0 Å². The summed E-state index contributed by atoms with van der Waals surface area (Å²) in [5.41, 5.74) is 18.9. The van der Waals surface area contributed by atoms with Crippen LogP contribution in [-0.4, -0.2) is 62.0 Å². The Bertz CT molecular complexity index is 2040. The van der Waals surface area contributed by atoms with Crippen molar-refractivity contribution in [1.82, 2.24) is 10.6 Å². The van der Waals surface area contributed by atoms with Gasteiger partial charge in [0.1, 0.15) is 11.5 Å². The summed E-state index contributed by atoms with van der Waals surface area (Å²) >= 11 is 14.3. The largest absolute Gasteiger partial charge is 0.482 e. The zero-order chi connectivity index (χ0) is 36.3. The molecule has 0 unspecified atom stereocenters. The molecule has 6 N–H and O–H groups in total. The van der Waals surface area contributed by atoms with E-state index in [4.69, 9.17) is 44.1 Å². The molecule has 0 spiro atoms. The summed E-state index contributed by atoms with van der Waals surface area (Å²) in [5.74, 6) is 0.468. The van der Waals surface area contributed by atoms with Crippen molar-refractivity contribution in [3.63, 3.8) is 0 Å². The minimum absolute atomic E-state index is 0.0293. The van der Waals surface area contributed by atoms with E-state index in [1.807, 2.05) is 36.4 Å². The average molecular weight is 742 g/mol. The maximum Gasteiger partial charge on any atom is 0.265 e. The van der Waals surface area contributed by atoms with Crippen LogP contribution in [0, 0.1) is 0 Å². The molecule has 4 amide bonds. The summed E-state index contributed by atoms with van der Waals surface area (Å²) in [7, 11) is 0. The van der Waals surface area contributed by atoms with Gasteiger partial charge >= 0.3 is 0 Å². The molecule has 4 aromatic rings. The van der Waals surface area contributed by atoms with Gasteiger partial charge in [0.2, 0.25) is 11.8 Å².